The second-order valence-corrected chi connectivity index (χ2v) is 5.77. The van der Waals surface area contributed by atoms with E-state index in [1.54, 1.807) is 9.58 Å². The van der Waals surface area contributed by atoms with Crippen molar-refractivity contribution in [2.24, 2.45) is 11.8 Å². The van der Waals surface area contributed by atoms with Crippen molar-refractivity contribution < 1.29 is 14.7 Å². The van der Waals surface area contributed by atoms with E-state index < -0.39 is 11.9 Å². The SMILES string of the molecule is CCCC1CN(C(=O)c2c(Cl)cnn2CC)CC1C(=O)O. The number of aliphatic carboxylic acids is 1. The van der Waals surface area contributed by atoms with Crippen molar-refractivity contribution in [2.75, 3.05) is 13.1 Å². The Morgan fingerprint density at radius 3 is 2.71 bits per heavy atom. The third-order valence-corrected chi connectivity index (χ3v) is 4.28. The molecule has 0 aliphatic carbocycles. The van der Waals surface area contributed by atoms with Gasteiger partial charge in [0, 0.05) is 19.6 Å². The molecule has 7 heteroatoms. The van der Waals surface area contributed by atoms with E-state index in [0.29, 0.717) is 23.8 Å². The van der Waals surface area contributed by atoms with E-state index in [1.165, 1.54) is 6.20 Å². The molecule has 1 N–H and O–H groups in total. The molecule has 1 fully saturated rings. The fourth-order valence-corrected chi connectivity index (χ4v) is 3.17. The number of hydrogen-bond acceptors (Lipinski definition) is 3. The third-order valence-electron chi connectivity index (χ3n) is 4.00. The number of halogens is 1. The van der Waals surface area contributed by atoms with Crippen LogP contribution in [-0.2, 0) is 11.3 Å². The molecule has 2 unspecified atom stereocenters. The Morgan fingerprint density at radius 1 is 1.43 bits per heavy atom. The first-order chi connectivity index (χ1) is 9.99. The minimum Gasteiger partial charge on any atom is -0.481 e. The van der Waals surface area contributed by atoms with Gasteiger partial charge in [-0.3, -0.25) is 14.3 Å². The zero-order valence-corrected chi connectivity index (χ0v) is 13.0. The maximum atomic E-state index is 12.6. The molecule has 0 bridgehead atoms. The number of aromatic nitrogens is 2. The topological polar surface area (TPSA) is 75.4 Å². The van der Waals surface area contributed by atoms with Gasteiger partial charge in [-0.15, -0.1) is 0 Å². The van der Waals surface area contributed by atoms with Crippen LogP contribution in [0.15, 0.2) is 6.20 Å². The third kappa shape index (κ3) is 3.05. The van der Waals surface area contributed by atoms with Crippen LogP contribution in [0.25, 0.3) is 0 Å². The van der Waals surface area contributed by atoms with Crippen LogP contribution in [0.1, 0.15) is 37.2 Å². The number of likely N-dealkylation sites (tertiary alicyclic amines) is 1. The standard InChI is InChI=1S/C14H20ClN3O3/c1-3-5-9-7-17(8-10(9)14(20)21)13(19)12-11(15)6-16-18(12)4-2/h6,9-10H,3-5,7-8H2,1-2H3,(H,20,21). The second kappa shape index (κ2) is 6.47. The number of rotatable bonds is 5. The van der Waals surface area contributed by atoms with Crippen LogP contribution in [0.4, 0.5) is 0 Å². The molecule has 2 rings (SSSR count). The summed E-state index contributed by atoms with van der Waals surface area (Å²) in [5.41, 5.74) is 0.348. The average Bonchev–Trinajstić information content (AvgIpc) is 3.02. The first-order valence-electron chi connectivity index (χ1n) is 7.22. The summed E-state index contributed by atoms with van der Waals surface area (Å²) < 4.78 is 1.55. The normalized spacial score (nSPS) is 21.8. The number of carbonyl (C=O) groups is 2. The Balaban J connectivity index is 2.20. The molecule has 0 radical (unpaired) electrons. The summed E-state index contributed by atoms with van der Waals surface area (Å²) in [4.78, 5) is 25.6. The summed E-state index contributed by atoms with van der Waals surface area (Å²) in [7, 11) is 0. The molecule has 1 aromatic heterocycles. The van der Waals surface area contributed by atoms with Gasteiger partial charge in [-0.25, -0.2) is 0 Å². The van der Waals surface area contributed by atoms with E-state index >= 15 is 0 Å². The number of nitrogens with zero attached hydrogens (tertiary/aromatic N) is 3. The molecule has 1 amide bonds. The number of amides is 1. The van der Waals surface area contributed by atoms with E-state index in [4.69, 9.17) is 11.6 Å². The Labute approximate surface area is 128 Å². The van der Waals surface area contributed by atoms with E-state index in [2.05, 4.69) is 5.10 Å². The Morgan fingerprint density at radius 2 is 2.14 bits per heavy atom. The highest BCUT2D eigenvalue weighted by molar-refractivity contribution is 6.33. The van der Waals surface area contributed by atoms with Gasteiger partial charge in [0.2, 0.25) is 0 Å². The van der Waals surface area contributed by atoms with E-state index in [0.717, 1.165) is 12.8 Å². The summed E-state index contributed by atoms with van der Waals surface area (Å²) in [6.45, 7) is 5.15. The molecule has 1 aliphatic rings. The fourth-order valence-electron chi connectivity index (χ4n) is 2.94. The first kappa shape index (κ1) is 15.8. The molecular formula is C14H20ClN3O3. The lowest BCUT2D eigenvalue weighted by molar-refractivity contribution is -0.142. The minimum atomic E-state index is -0.834. The summed E-state index contributed by atoms with van der Waals surface area (Å²) in [6, 6.07) is 0. The Bertz CT molecular complexity index is 544. The van der Waals surface area contributed by atoms with Crippen LogP contribution in [-0.4, -0.2) is 44.8 Å². The van der Waals surface area contributed by atoms with Crippen LogP contribution in [0.2, 0.25) is 5.02 Å². The number of carboxylic acids is 1. The summed E-state index contributed by atoms with van der Waals surface area (Å²) >= 11 is 6.05. The van der Waals surface area contributed by atoms with Gasteiger partial charge in [-0.2, -0.15) is 5.10 Å². The molecular weight excluding hydrogens is 294 g/mol. The highest BCUT2D eigenvalue weighted by atomic mass is 35.5. The van der Waals surface area contributed by atoms with Crippen LogP contribution < -0.4 is 0 Å². The van der Waals surface area contributed by atoms with Crippen LogP contribution in [0.5, 0.6) is 0 Å². The monoisotopic (exact) mass is 313 g/mol. The van der Waals surface area contributed by atoms with Gasteiger partial charge < -0.3 is 10.0 Å². The zero-order chi connectivity index (χ0) is 15.6. The lowest BCUT2D eigenvalue weighted by Crippen LogP contribution is -2.32. The van der Waals surface area contributed by atoms with Gasteiger partial charge in [-0.1, -0.05) is 24.9 Å². The van der Waals surface area contributed by atoms with Gasteiger partial charge in [-0.05, 0) is 19.3 Å². The van der Waals surface area contributed by atoms with Crippen molar-refractivity contribution in [2.45, 2.75) is 33.2 Å². The molecule has 116 valence electrons. The second-order valence-electron chi connectivity index (χ2n) is 5.36. The van der Waals surface area contributed by atoms with Crippen LogP contribution in [0, 0.1) is 11.8 Å². The van der Waals surface area contributed by atoms with Crippen molar-refractivity contribution in [3.8, 4) is 0 Å². The molecule has 6 nitrogen and oxygen atoms in total. The molecule has 0 saturated carbocycles. The number of carboxylic acid groups (broad SMARTS) is 1. The van der Waals surface area contributed by atoms with Gasteiger partial charge in [0.15, 0.2) is 0 Å². The number of carbonyl (C=O) groups excluding carboxylic acids is 1. The predicted octanol–water partition coefficient (Wildman–Crippen LogP) is 2.13. The quantitative estimate of drug-likeness (QED) is 0.903. The van der Waals surface area contributed by atoms with Crippen molar-refractivity contribution in [3.05, 3.63) is 16.9 Å². The smallest absolute Gasteiger partial charge is 0.308 e. The summed E-state index contributed by atoms with van der Waals surface area (Å²) in [5, 5.41) is 13.7. The van der Waals surface area contributed by atoms with Gasteiger partial charge >= 0.3 is 5.97 Å². The summed E-state index contributed by atoms with van der Waals surface area (Å²) in [5.74, 6) is -1.55. The Hall–Kier alpha value is -1.56. The largest absolute Gasteiger partial charge is 0.481 e. The lowest BCUT2D eigenvalue weighted by Gasteiger charge is -2.17. The lowest BCUT2D eigenvalue weighted by atomic mass is 9.92. The van der Waals surface area contributed by atoms with Gasteiger partial charge in [0.05, 0.1) is 17.1 Å². The molecule has 2 atom stereocenters. The maximum absolute atomic E-state index is 12.6. The molecule has 1 aromatic rings. The van der Waals surface area contributed by atoms with Crippen molar-refractivity contribution in [3.63, 3.8) is 0 Å². The Kier molecular flexibility index (Phi) is 4.88. The van der Waals surface area contributed by atoms with Crippen molar-refractivity contribution in [1.29, 1.82) is 0 Å². The first-order valence-corrected chi connectivity index (χ1v) is 7.60. The van der Waals surface area contributed by atoms with E-state index in [-0.39, 0.29) is 18.4 Å². The van der Waals surface area contributed by atoms with Crippen molar-refractivity contribution in [1.82, 2.24) is 14.7 Å². The zero-order valence-electron chi connectivity index (χ0n) is 12.3. The van der Waals surface area contributed by atoms with Gasteiger partial charge in [0.1, 0.15) is 5.69 Å². The minimum absolute atomic E-state index is 0.00761. The fraction of sp³-hybridized carbons (Fsp3) is 0.643. The van der Waals surface area contributed by atoms with Crippen LogP contribution >= 0.6 is 11.6 Å². The average molecular weight is 314 g/mol. The summed E-state index contributed by atoms with van der Waals surface area (Å²) in [6.07, 6.45) is 3.16. The van der Waals surface area contributed by atoms with E-state index in [1.807, 2.05) is 13.8 Å². The van der Waals surface area contributed by atoms with Gasteiger partial charge in [0.25, 0.3) is 5.91 Å². The molecule has 0 aromatic carbocycles. The number of aryl methyl sites for hydroxylation is 1. The molecule has 1 aliphatic heterocycles. The maximum Gasteiger partial charge on any atom is 0.308 e. The molecule has 2 heterocycles. The predicted molar refractivity (Wildman–Crippen MR) is 78.3 cm³/mol. The van der Waals surface area contributed by atoms with Crippen molar-refractivity contribution >= 4 is 23.5 Å². The molecule has 1 saturated heterocycles. The molecule has 21 heavy (non-hydrogen) atoms. The number of hydrogen-bond donors (Lipinski definition) is 1. The molecule has 0 spiro atoms. The highest BCUT2D eigenvalue weighted by Crippen LogP contribution is 2.30. The highest BCUT2D eigenvalue weighted by Gasteiger charge is 2.40. The van der Waals surface area contributed by atoms with E-state index in [9.17, 15) is 14.7 Å². The van der Waals surface area contributed by atoms with Crippen LogP contribution in [0.3, 0.4) is 0 Å².